The lowest BCUT2D eigenvalue weighted by Gasteiger charge is -2.35. The molecule has 0 radical (unpaired) electrons. The summed E-state index contributed by atoms with van der Waals surface area (Å²) in [5, 5.41) is 0. The van der Waals surface area contributed by atoms with E-state index in [4.69, 9.17) is 4.42 Å². The van der Waals surface area contributed by atoms with Crippen molar-refractivity contribution in [3.8, 4) is 0 Å². The molecule has 3 rings (SSSR count). The highest BCUT2D eigenvalue weighted by Crippen LogP contribution is 2.19. The van der Waals surface area contributed by atoms with Crippen molar-refractivity contribution >= 4 is 5.91 Å². The van der Waals surface area contributed by atoms with Crippen molar-refractivity contribution in [2.24, 2.45) is 0 Å². The minimum atomic E-state index is -4.45. The summed E-state index contributed by atoms with van der Waals surface area (Å²) >= 11 is 0. The van der Waals surface area contributed by atoms with E-state index in [1.807, 2.05) is 23.1 Å². The Balaban J connectivity index is 1.46. The molecule has 1 aromatic heterocycles. The lowest BCUT2D eigenvalue weighted by atomic mass is 10.1. The molecule has 1 aliphatic heterocycles. The SMILES string of the molecule is O=C(CN1CCN(CCc2ccccc2)CC1)N(Cc1ccco1)CC(F)(F)F. The molecule has 0 bridgehead atoms. The fourth-order valence-corrected chi connectivity index (χ4v) is 3.43. The summed E-state index contributed by atoms with van der Waals surface area (Å²) in [7, 11) is 0. The Morgan fingerprint density at radius 3 is 2.31 bits per heavy atom. The van der Waals surface area contributed by atoms with E-state index >= 15 is 0 Å². The summed E-state index contributed by atoms with van der Waals surface area (Å²) in [5.74, 6) is -0.190. The van der Waals surface area contributed by atoms with Crippen LogP contribution in [0.4, 0.5) is 13.2 Å². The highest BCUT2D eigenvalue weighted by atomic mass is 19.4. The van der Waals surface area contributed by atoms with E-state index in [9.17, 15) is 18.0 Å². The van der Waals surface area contributed by atoms with Crippen molar-refractivity contribution < 1.29 is 22.4 Å². The first-order valence-electron chi connectivity index (χ1n) is 9.74. The number of hydrogen-bond donors (Lipinski definition) is 0. The van der Waals surface area contributed by atoms with Crippen LogP contribution in [0.3, 0.4) is 0 Å². The Bertz CT molecular complexity index is 742. The van der Waals surface area contributed by atoms with Gasteiger partial charge >= 0.3 is 6.18 Å². The molecule has 0 unspecified atom stereocenters. The molecule has 0 N–H and O–H groups in total. The maximum absolute atomic E-state index is 12.9. The number of rotatable bonds is 8. The molecule has 1 saturated heterocycles. The summed E-state index contributed by atoms with van der Waals surface area (Å²) in [6.07, 6.45) is -2.10. The van der Waals surface area contributed by atoms with Crippen molar-refractivity contribution in [1.29, 1.82) is 0 Å². The van der Waals surface area contributed by atoms with Crippen LogP contribution in [0.1, 0.15) is 11.3 Å². The Kier molecular flexibility index (Phi) is 7.33. The smallest absolute Gasteiger partial charge is 0.406 e. The first-order chi connectivity index (χ1) is 13.9. The molecular weight excluding hydrogens is 383 g/mol. The normalized spacial score (nSPS) is 16.1. The number of hydrogen-bond acceptors (Lipinski definition) is 4. The van der Waals surface area contributed by atoms with E-state index in [0.29, 0.717) is 18.8 Å². The molecule has 1 aliphatic rings. The maximum Gasteiger partial charge on any atom is 0.406 e. The van der Waals surface area contributed by atoms with E-state index < -0.39 is 18.6 Å². The summed E-state index contributed by atoms with van der Waals surface area (Å²) in [6.45, 7) is 2.41. The molecular formula is C21H26F3N3O2. The topological polar surface area (TPSA) is 39.9 Å². The molecule has 0 spiro atoms. The first-order valence-corrected chi connectivity index (χ1v) is 9.74. The molecule has 5 nitrogen and oxygen atoms in total. The predicted octanol–water partition coefficient (Wildman–Crippen LogP) is 3.03. The van der Waals surface area contributed by atoms with E-state index in [0.717, 1.165) is 31.0 Å². The average molecular weight is 409 g/mol. The Morgan fingerprint density at radius 2 is 1.69 bits per heavy atom. The van der Waals surface area contributed by atoms with Gasteiger partial charge in [-0.1, -0.05) is 30.3 Å². The van der Waals surface area contributed by atoms with Crippen LogP contribution in [0.5, 0.6) is 0 Å². The zero-order chi connectivity index (χ0) is 20.7. The summed E-state index contributed by atoms with van der Waals surface area (Å²) in [6, 6.07) is 13.4. The fourth-order valence-electron chi connectivity index (χ4n) is 3.43. The molecule has 2 aromatic rings. The van der Waals surface area contributed by atoms with Gasteiger partial charge in [0, 0.05) is 32.7 Å². The van der Waals surface area contributed by atoms with Crippen LogP contribution >= 0.6 is 0 Å². The van der Waals surface area contributed by atoms with Gasteiger partial charge in [-0.05, 0) is 24.1 Å². The average Bonchev–Trinajstić information content (AvgIpc) is 3.20. The summed E-state index contributed by atoms with van der Waals surface area (Å²) in [4.78, 5) is 17.6. The Hall–Kier alpha value is -2.32. The Morgan fingerprint density at radius 1 is 1.00 bits per heavy atom. The van der Waals surface area contributed by atoms with Crippen LogP contribution in [-0.4, -0.2) is 72.6 Å². The van der Waals surface area contributed by atoms with Crippen molar-refractivity contribution in [2.45, 2.75) is 19.1 Å². The quantitative estimate of drug-likeness (QED) is 0.672. The van der Waals surface area contributed by atoms with Crippen molar-refractivity contribution in [2.75, 3.05) is 45.8 Å². The third kappa shape index (κ3) is 7.21. The molecule has 8 heteroatoms. The van der Waals surface area contributed by atoms with E-state index in [-0.39, 0.29) is 13.1 Å². The number of carbonyl (C=O) groups is 1. The predicted molar refractivity (Wildman–Crippen MR) is 103 cm³/mol. The standard InChI is InChI=1S/C21H26F3N3O2/c22-21(23,24)17-27(15-19-7-4-14-29-19)20(28)16-26-12-10-25(11-13-26)9-8-18-5-2-1-3-6-18/h1-7,14H,8-13,15-17H2. The van der Waals surface area contributed by atoms with E-state index in [1.165, 1.54) is 11.8 Å². The van der Waals surface area contributed by atoms with Gasteiger partial charge in [0.1, 0.15) is 12.3 Å². The molecule has 0 aliphatic carbocycles. The van der Waals surface area contributed by atoms with Gasteiger partial charge in [0.05, 0.1) is 19.4 Å². The van der Waals surface area contributed by atoms with Crippen molar-refractivity contribution in [1.82, 2.24) is 14.7 Å². The van der Waals surface area contributed by atoms with Gasteiger partial charge < -0.3 is 14.2 Å². The monoisotopic (exact) mass is 409 g/mol. The third-order valence-electron chi connectivity index (χ3n) is 5.03. The molecule has 29 heavy (non-hydrogen) atoms. The van der Waals surface area contributed by atoms with Crippen molar-refractivity contribution in [3.63, 3.8) is 0 Å². The zero-order valence-electron chi connectivity index (χ0n) is 16.3. The van der Waals surface area contributed by atoms with Gasteiger partial charge in [0.2, 0.25) is 5.91 Å². The number of piperazine rings is 1. The third-order valence-corrected chi connectivity index (χ3v) is 5.03. The van der Waals surface area contributed by atoms with Crippen LogP contribution in [0.15, 0.2) is 53.1 Å². The van der Waals surface area contributed by atoms with Gasteiger partial charge in [-0.25, -0.2) is 0 Å². The van der Waals surface area contributed by atoms with E-state index in [2.05, 4.69) is 17.0 Å². The number of benzene rings is 1. The molecule has 0 atom stereocenters. The maximum atomic E-state index is 12.9. The second-order valence-corrected chi connectivity index (χ2v) is 7.30. The number of nitrogens with zero attached hydrogens (tertiary/aromatic N) is 3. The largest absolute Gasteiger partial charge is 0.467 e. The van der Waals surface area contributed by atoms with E-state index in [1.54, 1.807) is 12.1 Å². The fraction of sp³-hybridized carbons (Fsp3) is 0.476. The highest BCUT2D eigenvalue weighted by molar-refractivity contribution is 5.78. The minimum absolute atomic E-state index is 0.0106. The van der Waals surface area contributed by atoms with Crippen LogP contribution in [0, 0.1) is 0 Å². The second-order valence-electron chi connectivity index (χ2n) is 7.30. The summed E-state index contributed by atoms with van der Waals surface area (Å²) in [5.41, 5.74) is 1.28. The number of carbonyl (C=O) groups excluding carboxylic acids is 1. The Labute approximate surface area is 168 Å². The lowest BCUT2D eigenvalue weighted by Crippen LogP contribution is -2.51. The van der Waals surface area contributed by atoms with Gasteiger partial charge in [0.25, 0.3) is 0 Å². The zero-order valence-corrected chi connectivity index (χ0v) is 16.3. The first kappa shape index (κ1) is 21.4. The number of furan rings is 1. The number of alkyl halides is 3. The molecule has 1 fully saturated rings. The molecule has 1 aromatic carbocycles. The van der Waals surface area contributed by atoms with Gasteiger partial charge in [-0.3, -0.25) is 9.69 Å². The lowest BCUT2D eigenvalue weighted by molar-refractivity contribution is -0.163. The van der Waals surface area contributed by atoms with Gasteiger partial charge in [-0.2, -0.15) is 13.2 Å². The second kappa shape index (κ2) is 9.93. The van der Waals surface area contributed by atoms with Gasteiger partial charge in [0.15, 0.2) is 0 Å². The molecule has 2 heterocycles. The van der Waals surface area contributed by atoms with Crippen LogP contribution < -0.4 is 0 Å². The van der Waals surface area contributed by atoms with Crippen LogP contribution in [0.2, 0.25) is 0 Å². The highest BCUT2D eigenvalue weighted by Gasteiger charge is 2.34. The van der Waals surface area contributed by atoms with Gasteiger partial charge in [-0.15, -0.1) is 0 Å². The molecule has 158 valence electrons. The molecule has 1 amide bonds. The number of amides is 1. The summed E-state index contributed by atoms with van der Waals surface area (Å²) < 4.78 is 43.8. The number of halogens is 3. The van der Waals surface area contributed by atoms with Crippen LogP contribution in [-0.2, 0) is 17.8 Å². The minimum Gasteiger partial charge on any atom is -0.467 e. The van der Waals surface area contributed by atoms with Crippen LogP contribution in [0.25, 0.3) is 0 Å². The van der Waals surface area contributed by atoms with Crippen molar-refractivity contribution in [3.05, 3.63) is 60.1 Å². The molecule has 0 saturated carbocycles.